The van der Waals surface area contributed by atoms with Gasteiger partial charge < -0.3 is 9.42 Å². The van der Waals surface area contributed by atoms with E-state index in [1.165, 1.54) is 0 Å². The van der Waals surface area contributed by atoms with Crippen LogP contribution in [0, 0.1) is 0 Å². The lowest BCUT2D eigenvalue weighted by atomic mass is 10.0. The molecule has 2 aromatic heterocycles. The molecule has 1 fully saturated rings. The molecule has 7 nitrogen and oxygen atoms in total. The van der Waals surface area contributed by atoms with Gasteiger partial charge in [0.1, 0.15) is 0 Å². The Hall–Kier alpha value is -2.28. The van der Waals surface area contributed by atoms with Crippen LogP contribution in [-0.2, 0) is 11.3 Å². The van der Waals surface area contributed by atoms with E-state index in [-0.39, 0.29) is 5.91 Å². The smallest absolute Gasteiger partial charge is 0.241 e. The molecule has 2 aromatic rings. The van der Waals surface area contributed by atoms with Gasteiger partial charge in [0.25, 0.3) is 0 Å². The van der Waals surface area contributed by atoms with Crippen LogP contribution < -0.4 is 0 Å². The Kier molecular flexibility index (Phi) is 4.66. The fourth-order valence-electron chi connectivity index (χ4n) is 2.90. The Morgan fingerprint density at radius 2 is 2.22 bits per heavy atom. The molecule has 23 heavy (non-hydrogen) atoms. The van der Waals surface area contributed by atoms with Gasteiger partial charge in [0.05, 0.1) is 6.54 Å². The lowest BCUT2D eigenvalue weighted by Crippen LogP contribution is -2.44. The molecule has 3 rings (SSSR count). The van der Waals surface area contributed by atoms with Crippen LogP contribution in [0.4, 0.5) is 0 Å². The average molecular weight is 315 g/mol. The maximum Gasteiger partial charge on any atom is 0.241 e. The Labute approximate surface area is 135 Å². The van der Waals surface area contributed by atoms with E-state index in [0.717, 1.165) is 31.5 Å². The monoisotopic (exact) mass is 315 g/mol. The number of hydrogen-bond acceptors (Lipinski definition) is 6. The SMILES string of the molecule is CC(=O)N1CCC(N(C)Cc2nc(-c3cccnc3)no2)CC1. The number of nitrogens with zero attached hydrogens (tertiary/aromatic N) is 5. The third-order valence-electron chi connectivity index (χ3n) is 4.31. The Morgan fingerprint density at radius 1 is 1.43 bits per heavy atom. The summed E-state index contributed by atoms with van der Waals surface area (Å²) in [5.41, 5.74) is 0.847. The standard InChI is InChI=1S/C16H21N5O2/c1-12(22)21-8-5-14(6-9-21)20(2)11-15-18-16(19-23-15)13-4-3-7-17-10-13/h3-4,7,10,14H,5-6,8-9,11H2,1-2H3. The van der Waals surface area contributed by atoms with Gasteiger partial charge in [-0.15, -0.1) is 0 Å². The number of hydrogen-bond donors (Lipinski definition) is 0. The van der Waals surface area contributed by atoms with Crippen LogP contribution in [-0.4, -0.2) is 57.0 Å². The van der Waals surface area contributed by atoms with Gasteiger partial charge in [-0.25, -0.2) is 0 Å². The second-order valence-corrected chi connectivity index (χ2v) is 5.91. The molecular weight excluding hydrogens is 294 g/mol. The number of carbonyl (C=O) groups excluding carboxylic acids is 1. The summed E-state index contributed by atoms with van der Waals surface area (Å²) in [5, 5.41) is 4.01. The largest absolute Gasteiger partial charge is 0.343 e. The van der Waals surface area contributed by atoms with Crippen molar-refractivity contribution in [1.82, 2.24) is 24.9 Å². The van der Waals surface area contributed by atoms with Crippen LogP contribution in [0.1, 0.15) is 25.7 Å². The summed E-state index contributed by atoms with van der Waals surface area (Å²) in [6.07, 6.45) is 5.38. The van der Waals surface area contributed by atoms with E-state index < -0.39 is 0 Å². The van der Waals surface area contributed by atoms with Crippen LogP contribution in [0.2, 0.25) is 0 Å². The first kappa shape index (κ1) is 15.6. The lowest BCUT2D eigenvalue weighted by Gasteiger charge is -2.35. The summed E-state index contributed by atoms with van der Waals surface area (Å²) in [4.78, 5) is 24.0. The van der Waals surface area contributed by atoms with Crippen LogP contribution in [0.3, 0.4) is 0 Å². The minimum absolute atomic E-state index is 0.157. The number of amides is 1. The molecule has 0 aromatic carbocycles. The highest BCUT2D eigenvalue weighted by Gasteiger charge is 2.24. The third kappa shape index (κ3) is 3.73. The highest BCUT2D eigenvalue weighted by Crippen LogP contribution is 2.19. The van der Waals surface area contributed by atoms with Gasteiger partial charge >= 0.3 is 0 Å². The Bertz CT molecular complexity index is 650. The van der Waals surface area contributed by atoms with Gasteiger partial charge in [-0.3, -0.25) is 14.7 Å². The summed E-state index contributed by atoms with van der Waals surface area (Å²) in [7, 11) is 2.06. The second-order valence-electron chi connectivity index (χ2n) is 5.91. The van der Waals surface area contributed by atoms with Crippen LogP contribution in [0.15, 0.2) is 29.0 Å². The van der Waals surface area contributed by atoms with E-state index in [9.17, 15) is 4.79 Å². The van der Waals surface area contributed by atoms with Crippen molar-refractivity contribution in [2.24, 2.45) is 0 Å². The molecular formula is C16H21N5O2. The molecule has 1 saturated heterocycles. The second kappa shape index (κ2) is 6.87. The quantitative estimate of drug-likeness (QED) is 0.852. The van der Waals surface area contributed by atoms with E-state index in [4.69, 9.17) is 4.52 Å². The van der Waals surface area contributed by atoms with Gasteiger partial charge in [0.15, 0.2) is 0 Å². The number of pyridine rings is 1. The zero-order valence-electron chi connectivity index (χ0n) is 13.5. The zero-order valence-corrected chi connectivity index (χ0v) is 13.5. The van der Waals surface area contributed by atoms with Crippen molar-refractivity contribution >= 4 is 5.91 Å². The summed E-state index contributed by atoms with van der Waals surface area (Å²) < 4.78 is 5.34. The van der Waals surface area contributed by atoms with E-state index in [2.05, 4.69) is 27.1 Å². The summed E-state index contributed by atoms with van der Waals surface area (Å²) in [6.45, 7) is 3.87. The molecule has 122 valence electrons. The summed E-state index contributed by atoms with van der Waals surface area (Å²) >= 11 is 0. The highest BCUT2D eigenvalue weighted by molar-refractivity contribution is 5.73. The maximum atomic E-state index is 11.4. The van der Waals surface area contributed by atoms with E-state index >= 15 is 0 Å². The molecule has 0 saturated carbocycles. The molecule has 1 aliphatic heterocycles. The molecule has 0 N–H and O–H groups in total. The predicted octanol–water partition coefficient (Wildman–Crippen LogP) is 1.57. The fraction of sp³-hybridized carbons (Fsp3) is 0.500. The molecule has 0 atom stereocenters. The zero-order chi connectivity index (χ0) is 16.2. The minimum atomic E-state index is 0.157. The summed E-state index contributed by atoms with van der Waals surface area (Å²) in [5.74, 6) is 1.32. The van der Waals surface area contributed by atoms with Crippen LogP contribution in [0.25, 0.3) is 11.4 Å². The first-order chi connectivity index (χ1) is 11.1. The molecule has 7 heteroatoms. The number of likely N-dealkylation sites (tertiary alicyclic amines) is 1. The fourth-order valence-corrected chi connectivity index (χ4v) is 2.90. The van der Waals surface area contributed by atoms with Crippen molar-refractivity contribution in [3.8, 4) is 11.4 Å². The number of piperidine rings is 1. The lowest BCUT2D eigenvalue weighted by molar-refractivity contribution is -0.130. The van der Waals surface area contributed by atoms with E-state index in [1.807, 2.05) is 17.0 Å². The molecule has 0 spiro atoms. The highest BCUT2D eigenvalue weighted by atomic mass is 16.5. The normalized spacial score (nSPS) is 16.0. The average Bonchev–Trinajstić information content (AvgIpc) is 3.04. The molecule has 0 bridgehead atoms. The first-order valence-electron chi connectivity index (χ1n) is 7.82. The van der Waals surface area contributed by atoms with E-state index in [0.29, 0.717) is 24.3 Å². The summed E-state index contributed by atoms with van der Waals surface area (Å²) in [6, 6.07) is 4.18. The van der Waals surface area contributed by atoms with Gasteiger partial charge in [-0.2, -0.15) is 4.98 Å². The molecule has 0 aliphatic carbocycles. The van der Waals surface area contributed by atoms with Gasteiger partial charge in [-0.1, -0.05) is 5.16 Å². The van der Waals surface area contributed by atoms with Crippen LogP contribution in [0.5, 0.6) is 0 Å². The number of carbonyl (C=O) groups is 1. The first-order valence-corrected chi connectivity index (χ1v) is 7.82. The minimum Gasteiger partial charge on any atom is -0.343 e. The van der Waals surface area contributed by atoms with Crippen LogP contribution >= 0.6 is 0 Å². The predicted molar refractivity (Wildman–Crippen MR) is 84.3 cm³/mol. The van der Waals surface area contributed by atoms with Crippen molar-refractivity contribution < 1.29 is 9.32 Å². The van der Waals surface area contributed by atoms with Crippen molar-refractivity contribution in [1.29, 1.82) is 0 Å². The molecule has 3 heterocycles. The molecule has 1 amide bonds. The van der Waals surface area contributed by atoms with Gasteiger partial charge in [-0.05, 0) is 32.0 Å². The maximum absolute atomic E-state index is 11.4. The van der Waals surface area contributed by atoms with Gasteiger partial charge in [0, 0.05) is 44.0 Å². The van der Waals surface area contributed by atoms with Crippen molar-refractivity contribution in [2.45, 2.75) is 32.4 Å². The topological polar surface area (TPSA) is 75.4 Å². The number of aromatic nitrogens is 3. The number of rotatable bonds is 4. The molecule has 0 radical (unpaired) electrons. The van der Waals surface area contributed by atoms with Gasteiger partial charge in [0.2, 0.25) is 17.6 Å². The molecule has 0 unspecified atom stereocenters. The van der Waals surface area contributed by atoms with Crippen molar-refractivity contribution in [2.75, 3.05) is 20.1 Å². The van der Waals surface area contributed by atoms with Crippen molar-refractivity contribution in [3.63, 3.8) is 0 Å². The Balaban J connectivity index is 1.58. The van der Waals surface area contributed by atoms with Crippen molar-refractivity contribution in [3.05, 3.63) is 30.4 Å². The van der Waals surface area contributed by atoms with E-state index in [1.54, 1.807) is 19.3 Å². The molecule has 1 aliphatic rings. The Morgan fingerprint density at radius 3 is 2.87 bits per heavy atom. The third-order valence-corrected chi connectivity index (χ3v) is 4.31.